The van der Waals surface area contributed by atoms with Crippen molar-refractivity contribution in [3.8, 4) is 6.07 Å². The molecule has 0 unspecified atom stereocenters. The SMILES string of the molecule is N#CC1=C(N)OC2=C(C(=O)CCC2)[C@H]1c1ccnn1C1CCCC1. The van der Waals surface area contributed by atoms with Crippen LogP contribution in [0.3, 0.4) is 0 Å². The van der Waals surface area contributed by atoms with Crippen molar-refractivity contribution < 1.29 is 9.53 Å². The largest absolute Gasteiger partial charge is 0.444 e. The third-order valence-corrected chi connectivity index (χ3v) is 5.27. The van der Waals surface area contributed by atoms with Gasteiger partial charge in [-0.25, -0.2) is 0 Å². The fourth-order valence-electron chi connectivity index (χ4n) is 4.16. The number of carbonyl (C=O) groups is 1. The summed E-state index contributed by atoms with van der Waals surface area (Å²) in [6.07, 6.45) is 8.24. The predicted molar refractivity (Wildman–Crippen MR) is 86.3 cm³/mol. The van der Waals surface area contributed by atoms with E-state index in [0.29, 0.717) is 35.8 Å². The van der Waals surface area contributed by atoms with Gasteiger partial charge < -0.3 is 10.5 Å². The van der Waals surface area contributed by atoms with Crippen LogP contribution in [0.25, 0.3) is 0 Å². The summed E-state index contributed by atoms with van der Waals surface area (Å²) in [6, 6.07) is 4.41. The summed E-state index contributed by atoms with van der Waals surface area (Å²) in [6.45, 7) is 0. The number of hydrogen-bond donors (Lipinski definition) is 1. The van der Waals surface area contributed by atoms with E-state index in [1.165, 1.54) is 12.8 Å². The van der Waals surface area contributed by atoms with Crippen molar-refractivity contribution in [2.75, 3.05) is 0 Å². The Hall–Kier alpha value is -2.55. The molecule has 1 saturated carbocycles. The van der Waals surface area contributed by atoms with E-state index in [1.807, 2.05) is 10.7 Å². The number of carbonyl (C=O) groups excluding carboxylic acids is 1. The van der Waals surface area contributed by atoms with E-state index in [4.69, 9.17) is 10.5 Å². The van der Waals surface area contributed by atoms with Crippen molar-refractivity contribution in [3.63, 3.8) is 0 Å². The lowest BCUT2D eigenvalue weighted by Crippen LogP contribution is -2.29. The van der Waals surface area contributed by atoms with E-state index in [1.54, 1.807) is 6.20 Å². The van der Waals surface area contributed by atoms with Crippen LogP contribution in [-0.4, -0.2) is 15.6 Å². The average molecular weight is 324 g/mol. The summed E-state index contributed by atoms with van der Waals surface area (Å²) < 4.78 is 7.62. The van der Waals surface area contributed by atoms with Gasteiger partial charge in [0, 0.05) is 24.6 Å². The minimum absolute atomic E-state index is 0.0562. The van der Waals surface area contributed by atoms with Gasteiger partial charge in [-0.2, -0.15) is 10.4 Å². The van der Waals surface area contributed by atoms with E-state index in [9.17, 15) is 10.1 Å². The number of Topliss-reactive ketones (excluding diaryl/α,β-unsaturated/α-hetero) is 1. The van der Waals surface area contributed by atoms with Gasteiger partial charge in [-0.1, -0.05) is 12.8 Å². The number of nitrogens with two attached hydrogens (primary N) is 1. The van der Waals surface area contributed by atoms with E-state index in [0.717, 1.165) is 25.0 Å². The van der Waals surface area contributed by atoms with Crippen molar-refractivity contribution in [2.24, 2.45) is 5.73 Å². The van der Waals surface area contributed by atoms with Crippen LogP contribution >= 0.6 is 0 Å². The van der Waals surface area contributed by atoms with Crippen LogP contribution < -0.4 is 5.73 Å². The van der Waals surface area contributed by atoms with Crippen molar-refractivity contribution in [1.29, 1.82) is 5.26 Å². The molecule has 2 N–H and O–H groups in total. The average Bonchev–Trinajstić information content (AvgIpc) is 3.24. The zero-order chi connectivity index (χ0) is 16.7. The summed E-state index contributed by atoms with van der Waals surface area (Å²) in [5, 5.41) is 14.1. The second-order valence-corrected chi connectivity index (χ2v) is 6.68. The quantitative estimate of drug-likeness (QED) is 0.902. The number of hydrogen-bond acceptors (Lipinski definition) is 5. The first kappa shape index (κ1) is 15.0. The lowest BCUT2D eigenvalue weighted by Gasteiger charge is -2.31. The smallest absolute Gasteiger partial charge is 0.205 e. The molecule has 0 saturated heterocycles. The number of nitrogens with zero attached hydrogens (tertiary/aromatic N) is 3. The highest BCUT2D eigenvalue weighted by molar-refractivity contribution is 5.99. The van der Waals surface area contributed by atoms with Gasteiger partial charge in [-0.3, -0.25) is 9.48 Å². The molecular weight excluding hydrogens is 304 g/mol. The number of rotatable bonds is 2. The maximum absolute atomic E-state index is 12.6. The number of nitriles is 1. The molecule has 0 spiro atoms. The molecule has 0 amide bonds. The lowest BCUT2D eigenvalue weighted by molar-refractivity contribution is -0.116. The predicted octanol–water partition coefficient (Wildman–Crippen LogP) is 2.81. The molecule has 6 heteroatoms. The summed E-state index contributed by atoms with van der Waals surface area (Å²) in [5.74, 6) is 0.359. The Balaban J connectivity index is 1.85. The van der Waals surface area contributed by atoms with Gasteiger partial charge in [0.05, 0.1) is 17.7 Å². The van der Waals surface area contributed by atoms with Crippen LogP contribution in [0, 0.1) is 11.3 Å². The second-order valence-electron chi connectivity index (χ2n) is 6.68. The van der Waals surface area contributed by atoms with Gasteiger partial charge in [0.15, 0.2) is 5.78 Å². The molecule has 1 aromatic rings. The Morgan fingerprint density at radius 2 is 2.08 bits per heavy atom. The lowest BCUT2D eigenvalue weighted by atomic mass is 9.79. The van der Waals surface area contributed by atoms with Gasteiger partial charge in [-0.05, 0) is 25.3 Å². The highest BCUT2D eigenvalue weighted by Gasteiger charge is 2.40. The van der Waals surface area contributed by atoms with Gasteiger partial charge in [0.2, 0.25) is 5.88 Å². The number of aromatic nitrogens is 2. The van der Waals surface area contributed by atoms with E-state index in [-0.39, 0.29) is 11.7 Å². The summed E-state index contributed by atoms with van der Waals surface area (Å²) >= 11 is 0. The number of ether oxygens (including phenoxy) is 1. The summed E-state index contributed by atoms with van der Waals surface area (Å²) in [7, 11) is 0. The zero-order valence-electron chi connectivity index (χ0n) is 13.5. The molecule has 4 rings (SSSR count). The van der Waals surface area contributed by atoms with Crippen LogP contribution in [-0.2, 0) is 9.53 Å². The standard InChI is InChI=1S/C18H20N4O2/c19-10-12-16(13-8-9-21-22(13)11-4-1-2-5-11)17-14(23)6-3-7-15(17)24-18(12)20/h8-9,11,16H,1-7,20H2/t16-/m1/s1. The van der Waals surface area contributed by atoms with Gasteiger partial charge in [0.1, 0.15) is 17.4 Å². The Morgan fingerprint density at radius 1 is 1.29 bits per heavy atom. The van der Waals surface area contributed by atoms with Crippen LogP contribution in [0.5, 0.6) is 0 Å². The molecule has 0 bridgehead atoms. The van der Waals surface area contributed by atoms with Crippen molar-refractivity contribution in [1.82, 2.24) is 9.78 Å². The van der Waals surface area contributed by atoms with E-state index >= 15 is 0 Å². The van der Waals surface area contributed by atoms with Gasteiger partial charge >= 0.3 is 0 Å². The fourth-order valence-corrected chi connectivity index (χ4v) is 4.16. The molecule has 1 fully saturated rings. The minimum atomic E-state index is -0.449. The topological polar surface area (TPSA) is 93.9 Å². The Morgan fingerprint density at radius 3 is 2.83 bits per heavy atom. The van der Waals surface area contributed by atoms with Crippen LogP contribution in [0.15, 0.2) is 35.1 Å². The maximum Gasteiger partial charge on any atom is 0.205 e. The molecule has 2 aliphatic carbocycles. The number of ketones is 1. The minimum Gasteiger partial charge on any atom is -0.444 e. The molecule has 1 aromatic heterocycles. The van der Waals surface area contributed by atoms with Crippen molar-refractivity contribution >= 4 is 5.78 Å². The van der Waals surface area contributed by atoms with Crippen molar-refractivity contribution in [2.45, 2.75) is 56.9 Å². The second kappa shape index (κ2) is 5.82. The third-order valence-electron chi connectivity index (χ3n) is 5.27. The highest BCUT2D eigenvalue weighted by Crippen LogP contribution is 2.44. The van der Waals surface area contributed by atoms with Crippen LogP contribution in [0.4, 0.5) is 0 Å². The van der Waals surface area contributed by atoms with E-state index < -0.39 is 5.92 Å². The summed E-state index contributed by atoms with van der Waals surface area (Å²) in [4.78, 5) is 12.6. The van der Waals surface area contributed by atoms with E-state index in [2.05, 4.69) is 11.2 Å². The highest BCUT2D eigenvalue weighted by atomic mass is 16.5. The fraction of sp³-hybridized carbons (Fsp3) is 0.500. The molecule has 24 heavy (non-hydrogen) atoms. The molecule has 1 atom stereocenters. The first-order valence-electron chi connectivity index (χ1n) is 8.58. The third kappa shape index (κ3) is 2.23. The Bertz CT molecular complexity index is 790. The molecule has 2 heterocycles. The van der Waals surface area contributed by atoms with Gasteiger partial charge in [0.25, 0.3) is 0 Å². The van der Waals surface area contributed by atoms with Crippen LogP contribution in [0.1, 0.15) is 62.6 Å². The molecule has 1 aliphatic heterocycles. The molecule has 0 radical (unpaired) electrons. The Kier molecular flexibility index (Phi) is 3.64. The number of allylic oxidation sites excluding steroid dienone is 3. The van der Waals surface area contributed by atoms with Crippen LogP contribution in [0.2, 0.25) is 0 Å². The molecule has 3 aliphatic rings. The first-order chi connectivity index (χ1) is 11.7. The van der Waals surface area contributed by atoms with Crippen molar-refractivity contribution in [3.05, 3.63) is 40.7 Å². The maximum atomic E-state index is 12.6. The molecule has 6 nitrogen and oxygen atoms in total. The first-order valence-corrected chi connectivity index (χ1v) is 8.58. The van der Waals surface area contributed by atoms with Gasteiger partial charge in [-0.15, -0.1) is 0 Å². The molecule has 0 aromatic carbocycles. The molecule has 124 valence electrons. The normalized spacial score (nSPS) is 24.8. The Labute approximate surface area is 140 Å². The molecular formula is C18H20N4O2. The summed E-state index contributed by atoms with van der Waals surface area (Å²) in [5.41, 5.74) is 7.81. The zero-order valence-corrected chi connectivity index (χ0v) is 13.5. The monoisotopic (exact) mass is 324 g/mol.